The summed E-state index contributed by atoms with van der Waals surface area (Å²) in [4.78, 5) is 0. The van der Waals surface area contributed by atoms with Crippen molar-refractivity contribution in [3.8, 4) is 0 Å². The van der Waals surface area contributed by atoms with Crippen molar-refractivity contribution in [2.75, 3.05) is 6.54 Å². The molecule has 118 valence electrons. The van der Waals surface area contributed by atoms with Gasteiger partial charge in [-0.1, -0.05) is 39.8 Å². The summed E-state index contributed by atoms with van der Waals surface area (Å²) < 4.78 is 0. The van der Waals surface area contributed by atoms with Crippen LogP contribution in [-0.4, -0.2) is 12.6 Å². The Hall–Kier alpha value is -0.820. The van der Waals surface area contributed by atoms with E-state index in [1.54, 1.807) is 5.56 Å². The Labute approximate surface area is 131 Å². The van der Waals surface area contributed by atoms with Crippen LogP contribution in [0.4, 0.5) is 0 Å². The lowest BCUT2D eigenvalue weighted by Crippen LogP contribution is -2.34. The zero-order valence-electron chi connectivity index (χ0n) is 14.8. The third-order valence-corrected chi connectivity index (χ3v) is 4.83. The van der Waals surface area contributed by atoms with E-state index in [0.29, 0.717) is 6.04 Å². The van der Waals surface area contributed by atoms with Gasteiger partial charge in [0.25, 0.3) is 0 Å². The van der Waals surface area contributed by atoms with Crippen LogP contribution in [-0.2, 0) is 11.8 Å². The molecule has 0 bridgehead atoms. The first kappa shape index (κ1) is 16.5. The lowest BCUT2D eigenvalue weighted by Gasteiger charge is -2.25. The maximum absolute atomic E-state index is 3.78. The maximum atomic E-state index is 3.78. The third kappa shape index (κ3) is 4.32. The molecular weight excluding hydrogens is 254 g/mol. The second kappa shape index (κ2) is 6.52. The van der Waals surface area contributed by atoms with E-state index in [-0.39, 0.29) is 5.41 Å². The van der Waals surface area contributed by atoms with Crippen LogP contribution in [0.25, 0.3) is 0 Å². The van der Waals surface area contributed by atoms with Gasteiger partial charge in [0.05, 0.1) is 0 Å². The Morgan fingerprint density at radius 1 is 1.14 bits per heavy atom. The fourth-order valence-corrected chi connectivity index (χ4v) is 3.20. The second-order valence-corrected chi connectivity index (χ2v) is 7.94. The van der Waals surface area contributed by atoms with Gasteiger partial charge in [-0.15, -0.1) is 0 Å². The molecule has 0 saturated heterocycles. The summed E-state index contributed by atoms with van der Waals surface area (Å²) in [6.07, 6.45) is 5.26. The smallest absolute Gasteiger partial charge is 0.0136 e. The van der Waals surface area contributed by atoms with Gasteiger partial charge in [0.2, 0.25) is 0 Å². The summed E-state index contributed by atoms with van der Waals surface area (Å²) in [6.45, 7) is 14.9. The number of rotatable bonds is 6. The fourth-order valence-electron chi connectivity index (χ4n) is 3.20. The average Bonchev–Trinajstić information content (AvgIpc) is 3.20. The van der Waals surface area contributed by atoms with E-state index in [0.717, 1.165) is 12.5 Å². The molecule has 0 spiro atoms. The molecule has 0 amide bonds. The van der Waals surface area contributed by atoms with Gasteiger partial charge in [0.15, 0.2) is 0 Å². The van der Waals surface area contributed by atoms with E-state index in [2.05, 4.69) is 59.0 Å². The molecule has 1 N–H and O–H groups in total. The lowest BCUT2D eigenvalue weighted by molar-refractivity contribution is 0.458. The number of nitrogens with one attached hydrogen (secondary N) is 1. The van der Waals surface area contributed by atoms with Crippen LogP contribution >= 0.6 is 0 Å². The molecule has 0 aromatic heterocycles. The van der Waals surface area contributed by atoms with E-state index >= 15 is 0 Å². The van der Waals surface area contributed by atoms with E-state index in [4.69, 9.17) is 0 Å². The number of benzene rings is 1. The highest BCUT2D eigenvalue weighted by molar-refractivity contribution is 5.41. The van der Waals surface area contributed by atoms with Crippen molar-refractivity contribution in [1.29, 1.82) is 0 Å². The molecular formula is C20H33N. The summed E-state index contributed by atoms with van der Waals surface area (Å²) >= 11 is 0. The molecule has 0 radical (unpaired) electrons. The summed E-state index contributed by atoms with van der Waals surface area (Å²) in [7, 11) is 0. The molecule has 1 atom stereocenters. The zero-order valence-corrected chi connectivity index (χ0v) is 14.8. The Morgan fingerprint density at radius 3 is 2.14 bits per heavy atom. The predicted octanol–water partition coefficient (Wildman–Crippen LogP) is 4.92. The molecule has 2 rings (SSSR count). The van der Waals surface area contributed by atoms with Crippen LogP contribution in [0.3, 0.4) is 0 Å². The summed E-state index contributed by atoms with van der Waals surface area (Å²) in [5, 5.41) is 3.78. The van der Waals surface area contributed by atoms with Gasteiger partial charge in [-0.05, 0) is 79.7 Å². The van der Waals surface area contributed by atoms with Gasteiger partial charge >= 0.3 is 0 Å². The molecule has 1 aromatic rings. The van der Waals surface area contributed by atoms with Crippen LogP contribution in [0.1, 0.15) is 69.2 Å². The molecule has 1 nitrogen and oxygen atoms in total. The third-order valence-electron chi connectivity index (χ3n) is 4.83. The van der Waals surface area contributed by atoms with E-state index in [1.165, 1.54) is 42.4 Å². The summed E-state index contributed by atoms with van der Waals surface area (Å²) in [6, 6.07) is 5.50. The van der Waals surface area contributed by atoms with Crippen molar-refractivity contribution in [2.45, 2.75) is 78.7 Å². The topological polar surface area (TPSA) is 12.0 Å². The predicted molar refractivity (Wildman–Crippen MR) is 93.1 cm³/mol. The highest BCUT2D eigenvalue weighted by Crippen LogP contribution is 2.35. The molecule has 0 aliphatic heterocycles. The Morgan fingerprint density at radius 2 is 1.71 bits per heavy atom. The highest BCUT2D eigenvalue weighted by atomic mass is 14.9. The molecule has 1 unspecified atom stereocenters. The standard InChI is InChI=1S/C20H33N/c1-7-10-21-19(16-8-9-16)13-18-14(2)11-17(12-15(18)3)20(4,5)6/h11-12,16,19,21H,7-10,13H2,1-6H3. The van der Waals surface area contributed by atoms with Crippen LogP contribution < -0.4 is 5.32 Å². The quantitative estimate of drug-likeness (QED) is 0.783. The van der Waals surface area contributed by atoms with Crippen LogP contribution in [0, 0.1) is 19.8 Å². The van der Waals surface area contributed by atoms with Crippen LogP contribution in [0.5, 0.6) is 0 Å². The first-order valence-corrected chi connectivity index (χ1v) is 8.67. The van der Waals surface area contributed by atoms with Gasteiger partial charge in [-0.3, -0.25) is 0 Å². The number of hydrogen-bond acceptors (Lipinski definition) is 1. The Balaban J connectivity index is 2.19. The minimum absolute atomic E-state index is 0.240. The summed E-state index contributed by atoms with van der Waals surface area (Å²) in [5.41, 5.74) is 6.23. The minimum atomic E-state index is 0.240. The van der Waals surface area contributed by atoms with Gasteiger partial charge < -0.3 is 5.32 Å². The van der Waals surface area contributed by atoms with Crippen molar-refractivity contribution >= 4 is 0 Å². The monoisotopic (exact) mass is 287 g/mol. The number of aryl methyl sites for hydroxylation is 2. The van der Waals surface area contributed by atoms with E-state index in [1.807, 2.05) is 0 Å². The largest absolute Gasteiger partial charge is 0.313 e. The normalized spacial score (nSPS) is 17.0. The average molecular weight is 287 g/mol. The zero-order chi connectivity index (χ0) is 15.6. The van der Waals surface area contributed by atoms with Gasteiger partial charge in [0.1, 0.15) is 0 Å². The molecule has 21 heavy (non-hydrogen) atoms. The highest BCUT2D eigenvalue weighted by Gasteiger charge is 2.31. The molecule has 1 saturated carbocycles. The molecule has 1 aliphatic carbocycles. The van der Waals surface area contributed by atoms with Crippen molar-refractivity contribution in [3.05, 3.63) is 34.4 Å². The fraction of sp³-hybridized carbons (Fsp3) is 0.700. The van der Waals surface area contributed by atoms with Crippen molar-refractivity contribution in [1.82, 2.24) is 5.32 Å². The van der Waals surface area contributed by atoms with Gasteiger partial charge in [-0.2, -0.15) is 0 Å². The maximum Gasteiger partial charge on any atom is 0.0136 e. The van der Waals surface area contributed by atoms with Crippen LogP contribution in [0.15, 0.2) is 12.1 Å². The van der Waals surface area contributed by atoms with Gasteiger partial charge in [0, 0.05) is 6.04 Å². The van der Waals surface area contributed by atoms with Crippen molar-refractivity contribution < 1.29 is 0 Å². The Kier molecular flexibility index (Phi) is 5.14. The SMILES string of the molecule is CCCNC(Cc1c(C)cc(C(C)(C)C)cc1C)C1CC1. The first-order valence-electron chi connectivity index (χ1n) is 8.67. The molecule has 1 aliphatic rings. The second-order valence-electron chi connectivity index (χ2n) is 7.94. The lowest BCUT2D eigenvalue weighted by atomic mass is 9.82. The minimum Gasteiger partial charge on any atom is -0.313 e. The Bertz CT molecular complexity index is 454. The summed E-state index contributed by atoms with van der Waals surface area (Å²) in [5.74, 6) is 0.914. The molecule has 1 aromatic carbocycles. The molecule has 1 fully saturated rings. The number of hydrogen-bond donors (Lipinski definition) is 1. The van der Waals surface area contributed by atoms with Crippen molar-refractivity contribution in [2.24, 2.45) is 5.92 Å². The van der Waals surface area contributed by atoms with Gasteiger partial charge in [-0.25, -0.2) is 0 Å². The first-order chi connectivity index (χ1) is 9.82. The van der Waals surface area contributed by atoms with E-state index in [9.17, 15) is 0 Å². The van der Waals surface area contributed by atoms with Crippen LogP contribution in [0.2, 0.25) is 0 Å². The van der Waals surface area contributed by atoms with Crippen molar-refractivity contribution in [3.63, 3.8) is 0 Å². The van der Waals surface area contributed by atoms with E-state index < -0.39 is 0 Å². The molecule has 1 heteroatoms. The molecule has 0 heterocycles.